The van der Waals surface area contributed by atoms with E-state index in [-0.39, 0.29) is 11.5 Å². The number of hydrogen-bond donors (Lipinski definition) is 1. The zero-order valence-corrected chi connectivity index (χ0v) is 19.9. The quantitative estimate of drug-likeness (QED) is 0.259. The van der Waals surface area contributed by atoms with Gasteiger partial charge in [-0.25, -0.2) is 0 Å². The molecule has 0 saturated carbocycles. The Kier molecular flexibility index (Phi) is 6.25. The lowest BCUT2D eigenvalue weighted by atomic mass is 9.90. The number of ketones is 1. The summed E-state index contributed by atoms with van der Waals surface area (Å²) in [5, 5.41) is 14.4. The number of piperidine rings is 1. The Morgan fingerprint density at radius 3 is 2.44 bits per heavy atom. The number of fused-ring (bicyclic) bond motifs is 3. The summed E-state index contributed by atoms with van der Waals surface area (Å²) in [5.41, 5.74) is 3.80. The normalized spacial score (nSPS) is 14.5. The van der Waals surface area contributed by atoms with Gasteiger partial charge in [0.1, 0.15) is 18.1 Å². The molecule has 174 valence electrons. The number of phenolic OH excluding ortho intramolecular Hbond substituents is 1. The molecule has 5 rings (SSSR count). The Morgan fingerprint density at radius 2 is 1.71 bits per heavy atom. The third kappa shape index (κ3) is 4.51. The maximum atomic E-state index is 12.1. The summed E-state index contributed by atoms with van der Waals surface area (Å²) in [6.07, 6.45) is 3.92. The second-order valence-corrected chi connectivity index (χ2v) is 9.38. The van der Waals surface area contributed by atoms with Crippen molar-refractivity contribution in [1.82, 2.24) is 4.90 Å². The summed E-state index contributed by atoms with van der Waals surface area (Å²) in [4.78, 5) is 14.6. The molecule has 1 N–H and O–H groups in total. The van der Waals surface area contributed by atoms with E-state index in [9.17, 15) is 9.90 Å². The Labute approximate surface area is 200 Å². The maximum absolute atomic E-state index is 12.1. The van der Waals surface area contributed by atoms with Crippen molar-refractivity contribution in [1.29, 1.82) is 0 Å². The molecule has 0 amide bonds. The molecule has 4 nitrogen and oxygen atoms in total. The average Bonchev–Trinajstić information content (AvgIpc) is 2.84. The van der Waals surface area contributed by atoms with Gasteiger partial charge in [0.25, 0.3) is 0 Å². The van der Waals surface area contributed by atoms with Crippen molar-refractivity contribution in [2.24, 2.45) is 0 Å². The Hall–Kier alpha value is -3.37. The first-order chi connectivity index (χ1) is 16.5. The molecule has 0 radical (unpaired) electrons. The van der Waals surface area contributed by atoms with Crippen LogP contribution in [0, 0.1) is 6.92 Å². The summed E-state index contributed by atoms with van der Waals surface area (Å²) >= 11 is 0. The summed E-state index contributed by atoms with van der Waals surface area (Å²) < 4.78 is 6.02. The molecular formula is C30H31NO3. The first kappa shape index (κ1) is 22.4. The summed E-state index contributed by atoms with van der Waals surface area (Å²) in [5.74, 6) is 1.17. The van der Waals surface area contributed by atoms with Gasteiger partial charge in [0, 0.05) is 12.1 Å². The molecule has 1 heterocycles. The molecule has 0 aromatic heterocycles. The molecule has 4 heteroatoms. The van der Waals surface area contributed by atoms with Crippen molar-refractivity contribution in [3.63, 3.8) is 0 Å². The predicted octanol–water partition coefficient (Wildman–Crippen LogP) is 6.74. The van der Waals surface area contributed by atoms with Gasteiger partial charge in [0.05, 0.1) is 0 Å². The third-order valence-electron chi connectivity index (χ3n) is 6.93. The number of aryl methyl sites for hydroxylation is 1. The number of likely N-dealkylation sites (tertiary alicyclic amines) is 1. The van der Waals surface area contributed by atoms with Crippen molar-refractivity contribution in [2.75, 3.05) is 26.2 Å². The molecule has 1 saturated heterocycles. The molecule has 0 aliphatic carbocycles. The molecule has 4 aromatic rings. The minimum atomic E-state index is 0.0489. The fourth-order valence-electron chi connectivity index (χ4n) is 5.16. The lowest BCUT2D eigenvalue weighted by Gasteiger charge is -2.26. The van der Waals surface area contributed by atoms with E-state index in [0.29, 0.717) is 12.2 Å². The van der Waals surface area contributed by atoms with E-state index < -0.39 is 0 Å². The molecule has 0 atom stereocenters. The second kappa shape index (κ2) is 9.47. The van der Waals surface area contributed by atoms with Crippen molar-refractivity contribution in [3.8, 4) is 22.6 Å². The smallest absolute Gasteiger partial charge is 0.159 e. The standard InChI is InChI=1S/C30H31NO3/c1-20-16-25(33)17-24-19-28(29-18-23(21(2)32)8-11-27(29)30(20)24)22-6-9-26(10-7-22)34-15-14-31-12-4-3-5-13-31/h6-11,16-19,33H,3-5,12-15H2,1-2H3. The van der Waals surface area contributed by atoms with E-state index in [1.54, 1.807) is 13.0 Å². The van der Waals surface area contributed by atoms with E-state index >= 15 is 0 Å². The van der Waals surface area contributed by atoms with Crippen LogP contribution < -0.4 is 4.74 Å². The number of carbonyl (C=O) groups is 1. The van der Waals surface area contributed by atoms with Crippen LogP contribution in [0.25, 0.3) is 32.7 Å². The number of nitrogens with zero attached hydrogens (tertiary/aromatic N) is 1. The number of ether oxygens (including phenoxy) is 1. The summed E-state index contributed by atoms with van der Waals surface area (Å²) in [6.45, 7) is 7.62. The molecular weight excluding hydrogens is 422 g/mol. The number of benzene rings is 4. The van der Waals surface area contributed by atoms with Gasteiger partial charge in [-0.05, 0) is 114 Å². The first-order valence-corrected chi connectivity index (χ1v) is 12.2. The fourth-order valence-corrected chi connectivity index (χ4v) is 5.16. The van der Waals surface area contributed by atoms with E-state index in [4.69, 9.17) is 4.74 Å². The van der Waals surface area contributed by atoms with Crippen LogP contribution in [0.15, 0.2) is 60.7 Å². The summed E-state index contributed by atoms with van der Waals surface area (Å²) in [6, 6.07) is 19.8. The molecule has 1 aliphatic heterocycles. The lowest BCUT2D eigenvalue weighted by Crippen LogP contribution is -2.33. The van der Waals surface area contributed by atoms with Crippen LogP contribution in [0.3, 0.4) is 0 Å². The number of hydrogen-bond acceptors (Lipinski definition) is 4. The van der Waals surface area contributed by atoms with E-state index in [1.165, 1.54) is 32.4 Å². The summed E-state index contributed by atoms with van der Waals surface area (Å²) in [7, 11) is 0. The number of carbonyl (C=O) groups excluding carboxylic acids is 1. The highest BCUT2D eigenvalue weighted by Crippen LogP contribution is 2.38. The maximum Gasteiger partial charge on any atom is 0.159 e. The van der Waals surface area contributed by atoms with Crippen molar-refractivity contribution < 1.29 is 14.6 Å². The number of phenols is 1. The van der Waals surface area contributed by atoms with Crippen LogP contribution in [0.2, 0.25) is 0 Å². The minimum Gasteiger partial charge on any atom is -0.508 e. The highest BCUT2D eigenvalue weighted by molar-refractivity contribution is 6.16. The molecule has 34 heavy (non-hydrogen) atoms. The van der Waals surface area contributed by atoms with Crippen LogP contribution >= 0.6 is 0 Å². The Bertz CT molecular complexity index is 1350. The first-order valence-electron chi connectivity index (χ1n) is 12.2. The average molecular weight is 454 g/mol. The van der Waals surface area contributed by atoms with Crippen LogP contribution in [0.1, 0.15) is 42.1 Å². The molecule has 0 bridgehead atoms. The van der Waals surface area contributed by atoms with Crippen molar-refractivity contribution in [3.05, 3.63) is 71.8 Å². The zero-order chi connectivity index (χ0) is 23.7. The SMILES string of the molecule is CC(=O)c1ccc2c(c1)c(-c1ccc(OCCN3CCCCC3)cc1)cc1cc(O)cc(C)c12. The predicted molar refractivity (Wildman–Crippen MR) is 139 cm³/mol. The van der Waals surface area contributed by atoms with Gasteiger partial charge in [-0.3, -0.25) is 9.69 Å². The molecule has 1 aliphatic rings. The van der Waals surface area contributed by atoms with Crippen LogP contribution in [0.5, 0.6) is 11.5 Å². The highest BCUT2D eigenvalue weighted by Gasteiger charge is 2.14. The van der Waals surface area contributed by atoms with Gasteiger partial charge in [-0.2, -0.15) is 0 Å². The van der Waals surface area contributed by atoms with Crippen LogP contribution in [-0.2, 0) is 0 Å². The Balaban J connectivity index is 1.50. The number of Topliss-reactive ketones (excluding diaryl/α,β-unsaturated/α-hetero) is 1. The van der Waals surface area contributed by atoms with Gasteiger partial charge < -0.3 is 9.84 Å². The van der Waals surface area contributed by atoms with Gasteiger partial charge in [0.15, 0.2) is 5.78 Å². The van der Waals surface area contributed by atoms with E-state index in [0.717, 1.165) is 50.5 Å². The topological polar surface area (TPSA) is 49.8 Å². The largest absolute Gasteiger partial charge is 0.508 e. The van der Waals surface area contributed by atoms with Gasteiger partial charge >= 0.3 is 0 Å². The molecule has 0 unspecified atom stereocenters. The lowest BCUT2D eigenvalue weighted by molar-refractivity contribution is 0.101. The van der Waals surface area contributed by atoms with E-state index in [2.05, 4.69) is 23.1 Å². The third-order valence-corrected chi connectivity index (χ3v) is 6.93. The molecule has 4 aromatic carbocycles. The Morgan fingerprint density at radius 1 is 0.941 bits per heavy atom. The van der Waals surface area contributed by atoms with Gasteiger partial charge in [0.2, 0.25) is 0 Å². The van der Waals surface area contributed by atoms with E-state index in [1.807, 2.05) is 43.3 Å². The number of rotatable bonds is 6. The number of aromatic hydroxyl groups is 1. The zero-order valence-electron chi connectivity index (χ0n) is 19.9. The molecule has 0 spiro atoms. The van der Waals surface area contributed by atoms with Crippen LogP contribution in [0.4, 0.5) is 0 Å². The second-order valence-electron chi connectivity index (χ2n) is 9.38. The fraction of sp³-hybridized carbons (Fsp3) is 0.300. The van der Waals surface area contributed by atoms with Crippen molar-refractivity contribution >= 4 is 27.3 Å². The van der Waals surface area contributed by atoms with Gasteiger partial charge in [-0.1, -0.05) is 30.7 Å². The molecule has 1 fully saturated rings. The van der Waals surface area contributed by atoms with Crippen LogP contribution in [-0.4, -0.2) is 42.0 Å². The van der Waals surface area contributed by atoms with Gasteiger partial charge in [-0.15, -0.1) is 0 Å². The van der Waals surface area contributed by atoms with Crippen molar-refractivity contribution in [2.45, 2.75) is 33.1 Å². The highest BCUT2D eigenvalue weighted by atomic mass is 16.5. The monoisotopic (exact) mass is 453 g/mol. The minimum absolute atomic E-state index is 0.0489.